The first kappa shape index (κ1) is 12.1. The molecular weight excluding hydrogens is 253 g/mol. The molecule has 1 heterocycles. The molecule has 4 heteroatoms. The highest BCUT2D eigenvalue weighted by atomic mass is 19.1. The molecule has 0 spiro atoms. The smallest absolute Gasteiger partial charge is 0.147 e. The van der Waals surface area contributed by atoms with Crippen LogP contribution < -0.4 is 5.32 Å². The summed E-state index contributed by atoms with van der Waals surface area (Å²) < 4.78 is 13.8. The predicted octanol–water partition coefficient (Wildman–Crippen LogP) is 3.99. The van der Waals surface area contributed by atoms with E-state index >= 15 is 0 Å². The van der Waals surface area contributed by atoms with Crippen molar-refractivity contribution < 1.29 is 4.39 Å². The largest absolute Gasteiger partial charge is 0.353 e. The highest BCUT2D eigenvalue weighted by molar-refractivity contribution is 5.83. The molecule has 0 fully saturated rings. The van der Waals surface area contributed by atoms with E-state index in [0.29, 0.717) is 11.3 Å². The molecule has 1 aromatic heterocycles. The standard InChI is InChI=1S/C16H10FN3/c17-14-8-11(10-18)3-5-16(14)20-13-4-6-15-12(9-13)2-1-7-19-15/h1-9,20H. The van der Waals surface area contributed by atoms with Gasteiger partial charge >= 0.3 is 0 Å². The molecule has 3 rings (SSSR count). The molecule has 2 aromatic carbocycles. The van der Waals surface area contributed by atoms with Gasteiger partial charge in [0.15, 0.2) is 0 Å². The van der Waals surface area contributed by atoms with Gasteiger partial charge in [-0.05, 0) is 42.5 Å². The molecule has 0 amide bonds. The number of halogens is 1. The molecule has 1 N–H and O–H groups in total. The minimum absolute atomic E-state index is 0.302. The number of hydrogen-bond donors (Lipinski definition) is 1. The molecular formula is C16H10FN3. The molecule has 0 saturated heterocycles. The Labute approximate surface area is 115 Å². The van der Waals surface area contributed by atoms with Gasteiger partial charge in [-0.3, -0.25) is 4.98 Å². The van der Waals surface area contributed by atoms with Gasteiger partial charge < -0.3 is 5.32 Å². The van der Waals surface area contributed by atoms with Crippen LogP contribution >= 0.6 is 0 Å². The zero-order valence-corrected chi connectivity index (χ0v) is 10.5. The second-order valence-corrected chi connectivity index (χ2v) is 4.34. The van der Waals surface area contributed by atoms with Crippen LogP contribution in [0.4, 0.5) is 15.8 Å². The van der Waals surface area contributed by atoms with Crippen LogP contribution in [0.1, 0.15) is 5.56 Å². The average Bonchev–Trinajstić information content (AvgIpc) is 2.49. The van der Waals surface area contributed by atoms with Crippen LogP contribution in [0.3, 0.4) is 0 Å². The number of pyridine rings is 1. The Hall–Kier alpha value is -2.93. The Morgan fingerprint density at radius 3 is 2.80 bits per heavy atom. The first-order valence-corrected chi connectivity index (χ1v) is 6.08. The molecule has 0 saturated carbocycles. The van der Waals surface area contributed by atoms with Gasteiger partial charge in [-0.1, -0.05) is 6.07 Å². The monoisotopic (exact) mass is 263 g/mol. The Morgan fingerprint density at radius 1 is 1.10 bits per heavy atom. The quantitative estimate of drug-likeness (QED) is 0.760. The summed E-state index contributed by atoms with van der Waals surface area (Å²) >= 11 is 0. The third-order valence-corrected chi connectivity index (χ3v) is 2.98. The molecule has 0 aliphatic heterocycles. The molecule has 0 bridgehead atoms. The average molecular weight is 263 g/mol. The lowest BCUT2D eigenvalue weighted by Crippen LogP contribution is -1.94. The van der Waals surface area contributed by atoms with Crippen LogP contribution in [0.25, 0.3) is 10.9 Å². The topological polar surface area (TPSA) is 48.7 Å². The molecule has 20 heavy (non-hydrogen) atoms. The van der Waals surface area contributed by atoms with Crippen LogP contribution in [0.2, 0.25) is 0 Å². The summed E-state index contributed by atoms with van der Waals surface area (Å²) in [6.45, 7) is 0. The summed E-state index contributed by atoms with van der Waals surface area (Å²) in [7, 11) is 0. The lowest BCUT2D eigenvalue weighted by atomic mass is 10.1. The summed E-state index contributed by atoms with van der Waals surface area (Å²) in [6, 6.07) is 15.7. The van der Waals surface area contributed by atoms with Crippen molar-refractivity contribution in [3.05, 3.63) is 66.1 Å². The molecule has 96 valence electrons. The van der Waals surface area contributed by atoms with Crippen LogP contribution in [-0.4, -0.2) is 4.98 Å². The van der Waals surface area contributed by atoms with Crippen molar-refractivity contribution in [1.29, 1.82) is 5.26 Å². The molecule has 0 radical (unpaired) electrons. The number of rotatable bonds is 2. The fourth-order valence-electron chi connectivity index (χ4n) is 1.99. The molecule has 0 aliphatic rings. The van der Waals surface area contributed by atoms with Crippen LogP contribution in [-0.2, 0) is 0 Å². The number of nitrogens with zero attached hydrogens (tertiary/aromatic N) is 2. The van der Waals surface area contributed by atoms with Gasteiger partial charge in [-0.2, -0.15) is 5.26 Å². The number of aromatic nitrogens is 1. The van der Waals surface area contributed by atoms with E-state index in [1.54, 1.807) is 18.3 Å². The van der Waals surface area contributed by atoms with Crippen molar-refractivity contribution in [1.82, 2.24) is 4.98 Å². The number of nitrogens with one attached hydrogen (secondary N) is 1. The van der Waals surface area contributed by atoms with Crippen molar-refractivity contribution in [2.75, 3.05) is 5.32 Å². The van der Waals surface area contributed by atoms with E-state index in [-0.39, 0.29) is 0 Å². The van der Waals surface area contributed by atoms with Crippen molar-refractivity contribution in [3.8, 4) is 6.07 Å². The normalized spacial score (nSPS) is 10.2. The van der Waals surface area contributed by atoms with Gasteiger partial charge in [0, 0.05) is 17.3 Å². The van der Waals surface area contributed by atoms with E-state index < -0.39 is 5.82 Å². The van der Waals surface area contributed by atoms with Gasteiger partial charge in [0.2, 0.25) is 0 Å². The third kappa shape index (κ3) is 2.29. The predicted molar refractivity (Wildman–Crippen MR) is 76.1 cm³/mol. The zero-order chi connectivity index (χ0) is 13.9. The number of fused-ring (bicyclic) bond motifs is 1. The summed E-state index contributed by atoms with van der Waals surface area (Å²) in [5, 5.41) is 12.7. The maximum atomic E-state index is 13.8. The number of nitriles is 1. The van der Waals surface area contributed by atoms with Crippen molar-refractivity contribution in [2.24, 2.45) is 0 Å². The van der Waals surface area contributed by atoms with E-state index in [9.17, 15) is 4.39 Å². The molecule has 3 nitrogen and oxygen atoms in total. The van der Waals surface area contributed by atoms with Gasteiger partial charge in [-0.15, -0.1) is 0 Å². The Balaban J connectivity index is 1.95. The van der Waals surface area contributed by atoms with Crippen molar-refractivity contribution in [2.45, 2.75) is 0 Å². The minimum Gasteiger partial charge on any atom is -0.353 e. The Kier molecular flexibility index (Phi) is 3.02. The Bertz CT molecular complexity index is 821. The van der Waals surface area contributed by atoms with E-state index in [1.807, 2.05) is 36.4 Å². The second kappa shape index (κ2) is 4.98. The van der Waals surface area contributed by atoms with Gasteiger partial charge in [0.1, 0.15) is 5.82 Å². The van der Waals surface area contributed by atoms with Crippen molar-refractivity contribution in [3.63, 3.8) is 0 Å². The van der Waals surface area contributed by atoms with E-state index in [1.165, 1.54) is 6.07 Å². The van der Waals surface area contributed by atoms with E-state index in [4.69, 9.17) is 5.26 Å². The van der Waals surface area contributed by atoms with E-state index in [0.717, 1.165) is 16.6 Å². The molecule has 3 aromatic rings. The molecule has 0 aliphatic carbocycles. The Morgan fingerprint density at radius 2 is 2.00 bits per heavy atom. The SMILES string of the molecule is N#Cc1ccc(Nc2ccc3ncccc3c2)c(F)c1. The van der Waals surface area contributed by atoms with Crippen LogP contribution in [0.5, 0.6) is 0 Å². The fraction of sp³-hybridized carbons (Fsp3) is 0. The maximum absolute atomic E-state index is 13.8. The van der Waals surface area contributed by atoms with Crippen molar-refractivity contribution >= 4 is 22.3 Å². The highest BCUT2D eigenvalue weighted by Crippen LogP contribution is 2.23. The number of anilines is 2. The minimum atomic E-state index is -0.449. The zero-order valence-electron chi connectivity index (χ0n) is 10.5. The second-order valence-electron chi connectivity index (χ2n) is 4.34. The maximum Gasteiger partial charge on any atom is 0.147 e. The van der Waals surface area contributed by atoms with E-state index in [2.05, 4.69) is 10.3 Å². The van der Waals surface area contributed by atoms with Crippen LogP contribution in [0.15, 0.2) is 54.7 Å². The fourth-order valence-corrected chi connectivity index (χ4v) is 1.99. The lowest BCUT2D eigenvalue weighted by Gasteiger charge is -2.08. The highest BCUT2D eigenvalue weighted by Gasteiger charge is 2.04. The first-order valence-electron chi connectivity index (χ1n) is 6.08. The molecule has 0 atom stereocenters. The molecule has 0 unspecified atom stereocenters. The number of benzene rings is 2. The lowest BCUT2D eigenvalue weighted by molar-refractivity contribution is 0.631. The summed E-state index contributed by atoms with van der Waals surface area (Å²) in [4.78, 5) is 4.23. The first-order chi connectivity index (χ1) is 9.76. The van der Waals surface area contributed by atoms with Gasteiger partial charge in [-0.25, -0.2) is 4.39 Å². The summed E-state index contributed by atoms with van der Waals surface area (Å²) in [5.41, 5.74) is 2.30. The van der Waals surface area contributed by atoms with Gasteiger partial charge in [0.05, 0.1) is 22.8 Å². The summed E-state index contributed by atoms with van der Waals surface area (Å²) in [6.07, 6.45) is 1.73. The van der Waals surface area contributed by atoms with Crippen LogP contribution in [0, 0.1) is 17.1 Å². The third-order valence-electron chi connectivity index (χ3n) is 2.98. The summed E-state index contributed by atoms with van der Waals surface area (Å²) in [5.74, 6) is -0.449. The number of hydrogen-bond acceptors (Lipinski definition) is 3. The van der Waals surface area contributed by atoms with Gasteiger partial charge in [0.25, 0.3) is 0 Å².